The number of allylic oxidation sites excluding steroid dienone is 2. The van der Waals surface area contributed by atoms with Crippen LogP contribution in [0.5, 0.6) is 0 Å². The maximum absolute atomic E-state index is 3.87. The van der Waals surface area contributed by atoms with Crippen LogP contribution in [0.2, 0.25) is 0 Å². The normalized spacial score (nSPS) is 31.9. The van der Waals surface area contributed by atoms with Crippen molar-refractivity contribution >= 4 is 0 Å². The molecule has 1 fully saturated rings. The lowest BCUT2D eigenvalue weighted by molar-refractivity contribution is 0.386. The molecule has 0 spiro atoms. The third-order valence-electron chi connectivity index (χ3n) is 4.93. The van der Waals surface area contributed by atoms with Crippen LogP contribution in [0.3, 0.4) is 0 Å². The van der Waals surface area contributed by atoms with Crippen LogP contribution in [0, 0.1) is 0 Å². The fourth-order valence-electron chi connectivity index (χ4n) is 3.92. The van der Waals surface area contributed by atoms with Gasteiger partial charge in [0, 0.05) is 18.0 Å². The Balaban J connectivity index is 1.73. The molecule has 0 saturated heterocycles. The van der Waals surface area contributed by atoms with Crippen molar-refractivity contribution in [3.8, 4) is 0 Å². The number of hydrogen-bond donors (Lipinski definition) is 1. The summed E-state index contributed by atoms with van der Waals surface area (Å²) in [6, 6.07) is 12.2. The molecule has 1 saturated carbocycles. The second-order valence-electron chi connectivity index (χ2n) is 6.14. The molecule has 1 aliphatic heterocycles. The van der Waals surface area contributed by atoms with E-state index in [1.54, 1.807) is 5.57 Å². The van der Waals surface area contributed by atoms with E-state index in [0.717, 1.165) is 6.42 Å². The average molecular weight is 263 g/mol. The minimum atomic E-state index is 0.545. The molecule has 0 bridgehead atoms. The van der Waals surface area contributed by atoms with Crippen molar-refractivity contribution in [2.24, 2.45) is 0 Å². The first kappa shape index (κ1) is 12.2. The van der Waals surface area contributed by atoms with Gasteiger partial charge < -0.3 is 5.32 Å². The molecule has 1 N–H and O–H groups in total. The average Bonchev–Trinajstić information content (AvgIpc) is 2.53. The van der Waals surface area contributed by atoms with E-state index < -0.39 is 0 Å². The first-order chi connectivity index (χ1) is 9.92. The summed E-state index contributed by atoms with van der Waals surface area (Å²) in [7, 11) is 0. The topological polar surface area (TPSA) is 12.0 Å². The van der Waals surface area contributed by atoms with Crippen LogP contribution in [-0.2, 0) is 0 Å². The number of rotatable bonds is 1. The Morgan fingerprint density at radius 2 is 1.90 bits per heavy atom. The highest BCUT2D eigenvalue weighted by Gasteiger charge is 2.33. The number of nitrogens with one attached hydrogen (secondary N) is 1. The molecule has 2 aliphatic carbocycles. The molecule has 4 rings (SSSR count). The van der Waals surface area contributed by atoms with Gasteiger partial charge in [-0.25, -0.2) is 0 Å². The summed E-state index contributed by atoms with van der Waals surface area (Å²) in [5, 5.41) is 3.87. The van der Waals surface area contributed by atoms with E-state index in [1.807, 2.05) is 0 Å². The van der Waals surface area contributed by atoms with E-state index in [2.05, 4.69) is 60.0 Å². The van der Waals surface area contributed by atoms with Gasteiger partial charge in [-0.15, -0.1) is 0 Å². The summed E-state index contributed by atoms with van der Waals surface area (Å²) in [6.07, 6.45) is 14.3. The van der Waals surface area contributed by atoms with Gasteiger partial charge in [-0.1, -0.05) is 61.1 Å². The van der Waals surface area contributed by atoms with E-state index in [9.17, 15) is 0 Å². The Bertz CT molecular complexity index is 579. The van der Waals surface area contributed by atoms with E-state index in [-0.39, 0.29) is 0 Å². The van der Waals surface area contributed by atoms with E-state index >= 15 is 0 Å². The molecule has 1 aromatic rings. The fourth-order valence-corrected chi connectivity index (χ4v) is 3.92. The van der Waals surface area contributed by atoms with Gasteiger partial charge in [0.25, 0.3) is 0 Å². The van der Waals surface area contributed by atoms with Gasteiger partial charge in [0.2, 0.25) is 0 Å². The van der Waals surface area contributed by atoms with Crippen molar-refractivity contribution in [2.75, 3.05) is 0 Å². The number of fused-ring (bicyclic) bond motifs is 2. The van der Waals surface area contributed by atoms with Crippen molar-refractivity contribution in [1.82, 2.24) is 5.32 Å². The second-order valence-corrected chi connectivity index (χ2v) is 6.14. The Morgan fingerprint density at radius 1 is 1.00 bits per heavy atom. The first-order valence-electron chi connectivity index (χ1n) is 7.81. The zero-order valence-corrected chi connectivity index (χ0v) is 11.8. The quantitative estimate of drug-likeness (QED) is 0.804. The van der Waals surface area contributed by atoms with Crippen LogP contribution in [0.15, 0.2) is 65.8 Å². The number of benzene rings is 1. The highest BCUT2D eigenvalue weighted by molar-refractivity contribution is 5.45. The Morgan fingerprint density at radius 3 is 2.80 bits per heavy atom. The summed E-state index contributed by atoms with van der Waals surface area (Å²) in [5.74, 6) is 0.607. The molecule has 0 aromatic heterocycles. The fraction of sp³-hybridized carbons (Fsp3) is 0.368. The Kier molecular flexibility index (Phi) is 3.08. The lowest BCUT2D eigenvalue weighted by atomic mass is 9.73. The zero-order valence-electron chi connectivity index (χ0n) is 11.8. The van der Waals surface area contributed by atoms with Gasteiger partial charge >= 0.3 is 0 Å². The molecule has 0 amide bonds. The molecule has 20 heavy (non-hydrogen) atoms. The molecule has 1 heterocycles. The van der Waals surface area contributed by atoms with Gasteiger partial charge in [-0.05, 0) is 36.0 Å². The van der Waals surface area contributed by atoms with Crippen molar-refractivity contribution in [2.45, 2.75) is 43.7 Å². The molecule has 3 aliphatic rings. The monoisotopic (exact) mass is 263 g/mol. The maximum atomic E-state index is 3.87. The lowest BCUT2D eigenvalue weighted by Gasteiger charge is -2.40. The molecule has 1 aromatic carbocycles. The van der Waals surface area contributed by atoms with Crippen LogP contribution in [0.25, 0.3) is 0 Å². The van der Waals surface area contributed by atoms with Crippen LogP contribution in [0.1, 0.15) is 37.2 Å². The van der Waals surface area contributed by atoms with E-state index in [1.165, 1.54) is 30.4 Å². The van der Waals surface area contributed by atoms with Crippen LogP contribution >= 0.6 is 0 Å². The molecule has 1 nitrogen and oxygen atoms in total. The van der Waals surface area contributed by atoms with Gasteiger partial charge in [0.1, 0.15) is 0 Å². The summed E-state index contributed by atoms with van der Waals surface area (Å²) >= 11 is 0. The molecule has 3 atom stereocenters. The summed E-state index contributed by atoms with van der Waals surface area (Å²) < 4.78 is 0. The van der Waals surface area contributed by atoms with Crippen LogP contribution in [0.4, 0.5) is 0 Å². The molecule has 0 radical (unpaired) electrons. The number of hydrogen-bond acceptors (Lipinski definition) is 1. The minimum absolute atomic E-state index is 0.545. The Hall–Kier alpha value is -1.60. The molecule has 102 valence electrons. The van der Waals surface area contributed by atoms with Crippen molar-refractivity contribution in [1.29, 1.82) is 0 Å². The summed E-state index contributed by atoms with van der Waals surface area (Å²) in [5.41, 5.74) is 4.57. The highest BCUT2D eigenvalue weighted by atomic mass is 15.0. The van der Waals surface area contributed by atoms with Gasteiger partial charge in [-0.3, -0.25) is 0 Å². The molecular weight excluding hydrogens is 242 g/mol. The van der Waals surface area contributed by atoms with Crippen LogP contribution < -0.4 is 5.32 Å². The summed E-state index contributed by atoms with van der Waals surface area (Å²) in [6.45, 7) is 0. The Labute approximate surface area is 121 Å². The first-order valence-corrected chi connectivity index (χ1v) is 7.81. The second kappa shape index (κ2) is 5.06. The predicted molar refractivity (Wildman–Crippen MR) is 83.7 cm³/mol. The van der Waals surface area contributed by atoms with Crippen molar-refractivity contribution in [3.63, 3.8) is 0 Å². The predicted octanol–water partition coefficient (Wildman–Crippen LogP) is 4.11. The maximum Gasteiger partial charge on any atom is 0.0360 e. The minimum Gasteiger partial charge on any atom is -0.303 e. The third-order valence-corrected chi connectivity index (χ3v) is 4.93. The summed E-state index contributed by atoms with van der Waals surface area (Å²) in [4.78, 5) is 0. The van der Waals surface area contributed by atoms with E-state index in [0.29, 0.717) is 18.0 Å². The zero-order chi connectivity index (χ0) is 13.4. The van der Waals surface area contributed by atoms with Gasteiger partial charge in [0.15, 0.2) is 0 Å². The van der Waals surface area contributed by atoms with Gasteiger partial charge in [-0.2, -0.15) is 0 Å². The highest BCUT2D eigenvalue weighted by Crippen LogP contribution is 2.41. The van der Waals surface area contributed by atoms with Gasteiger partial charge in [0.05, 0.1) is 0 Å². The lowest BCUT2D eigenvalue weighted by Crippen LogP contribution is -2.46. The van der Waals surface area contributed by atoms with Crippen LogP contribution in [-0.4, -0.2) is 12.1 Å². The SMILES string of the molecule is C1=CCC2NC3CCCC(c4ccccc4)C3=CC2=C1. The van der Waals surface area contributed by atoms with Crippen molar-refractivity contribution in [3.05, 3.63) is 71.3 Å². The smallest absolute Gasteiger partial charge is 0.0360 e. The third kappa shape index (κ3) is 2.06. The van der Waals surface area contributed by atoms with Crippen molar-refractivity contribution < 1.29 is 0 Å². The van der Waals surface area contributed by atoms with E-state index in [4.69, 9.17) is 0 Å². The standard InChI is InChI=1S/C19H21N/c1-2-7-14(8-3-1)16-10-6-12-19-17(16)13-15-9-4-5-11-18(15)20-19/h1-5,7-9,13,16,18-20H,6,10-12H2. The molecular formula is C19H21N. The molecule has 3 unspecified atom stereocenters. The molecule has 1 heteroatoms. The largest absolute Gasteiger partial charge is 0.303 e.